The molecule has 0 spiro atoms. The molecule has 3 aromatic carbocycles. The van der Waals surface area contributed by atoms with E-state index in [9.17, 15) is 27.6 Å². The van der Waals surface area contributed by atoms with Crippen molar-refractivity contribution in [3.8, 4) is 0 Å². The maximum Gasteiger partial charge on any atom is 0.416 e. The number of para-hydroxylation sites is 1. The number of Topliss-reactive ketones (excluding diaryl/α,β-unsaturated/α-hetero) is 1. The van der Waals surface area contributed by atoms with Crippen molar-refractivity contribution in [1.29, 1.82) is 0 Å². The largest absolute Gasteiger partial charge is 0.428 e. The normalized spacial score (nSPS) is 12.7. The lowest BCUT2D eigenvalue weighted by atomic mass is 9.76. The molecule has 0 aliphatic heterocycles. The molecule has 0 aliphatic rings. The highest BCUT2D eigenvalue weighted by atomic mass is 19.4. The van der Waals surface area contributed by atoms with Crippen molar-refractivity contribution < 1.29 is 32.2 Å². The lowest BCUT2D eigenvalue weighted by Crippen LogP contribution is -2.47. The van der Waals surface area contributed by atoms with Gasteiger partial charge in [0.2, 0.25) is 11.8 Å². The topological polar surface area (TPSA) is 135 Å². The van der Waals surface area contributed by atoms with Crippen molar-refractivity contribution in [2.45, 2.75) is 37.3 Å². The van der Waals surface area contributed by atoms with E-state index in [1.165, 1.54) is 25.8 Å². The number of hydrogen-bond acceptors (Lipinski definition) is 7. The molecule has 239 valence electrons. The van der Waals surface area contributed by atoms with Crippen LogP contribution in [0.1, 0.15) is 34.3 Å². The fourth-order valence-electron chi connectivity index (χ4n) is 4.73. The first-order valence-corrected chi connectivity index (χ1v) is 14.7. The zero-order chi connectivity index (χ0) is 32.9. The zero-order valence-corrected chi connectivity index (χ0v) is 24.9. The third kappa shape index (κ3) is 10.2. The number of fused-ring (bicyclic) bond motifs is 1. The number of nitrogens with two attached hydrogens (primary N) is 1. The molecule has 1 radical (unpaired) electrons. The Morgan fingerprint density at radius 1 is 0.935 bits per heavy atom. The molecule has 1 heterocycles. The van der Waals surface area contributed by atoms with Crippen LogP contribution in [0.4, 0.5) is 18.9 Å². The zero-order valence-electron chi connectivity index (χ0n) is 24.9. The Kier molecular flexibility index (Phi) is 12.4. The molecule has 0 bridgehead atoms. The number of nitrogens with one attached hydrogen (secondary N) is 3. The molecule has 9 nitrogen and oxygen atoms in total. The van der Waals surface area contributed by atoms with Crippen molar-refractivity contribution >= 4 is 41.7 Å². The molecule has 0 aliphatic carbocycles. The number of nitrogens with zero attached hydrogens (tertiary/aromatic N) is 1. The van der Waals surface area contributed by atoms with Gasteiger partial charge in [0.05, 0.1) is 36.2 Å². The fourth-order valence-corrected chi connectivity index (χ4v) is 4.73. The van der Waals surface area contributed by atoms with Crippen molar-refractivity contribution in [2.75, 3.05) is 25.1 Å². The number of ketones is 1. The van der Waals surface area contributed by atoms with Crippen LogP contribution >= 0.6 is 0 Å². The molecular weight excluding hydrogens is 598 g/mol. The molecule has 2 amide bonds. The number of halogens is 3. The number of alkyl halides is 3. The highest BCUT2D eigenvalue weighted by molar-refractivity contribution is 6.37. The van der Waals surface area contributed by atoms with Crippen molar-refractivity contribution in [3.63, 3.8) is 0 Å². The van der Waals surface area contributed by atoms with Gasteiger partial charge in [-0.3, -0.25) is 19.4 Å². The number of anilines is 1. The van der Waals surface area contributed by atoms with Crippen LogP contribution in [-0.2, 0) is 26.8 Å². The van der Waals surface area contributed by atoms with Crippen molar-refractivity contribution in [2.24, 2.45) is 5.73 Å². The van der Waals surface area contributed by atoms with E-state index in [4.69, 9.17) is 10.4 Å². The molecule has 0 saturated carbocycles. The van der Waals surface area contributed by atoms with Crippen LogP contribution in [-0.4, -0.2) is 55.9 Å². The van der Waals surface area contributed by atoms with Gasteiger partial charge in [0, 0.05) is 23.2 Å². The minimum absolute atomic E-state index is 0.0633. The lowest BCUT2D eigenvalue weighted by Gasteiger charge is -2.22. The van der Waals surface area contributed by atoms with E-state index in [0.29, 0.717) is 36.2 Å². The minimum atomic E-state index is -4.51. The van der Waals surface area contributed by atoms with E-state index in [1.807, 2.05) is 30.3 Å². The summed E-state index contributed by atoms with van der Waals surface area (Å²) < 4.78 is 44.6. The highest BCUT2D eigenvalue weighted by Crippen LogP contribution is 2.29. The van der Waals surface area contributed by atoms with E-state index < -0.39 is 35.4 Å². The predicted molar refractivity (Wildman–Crippen MR) is 170 cm³/mol. The highest BCUT2D eigenvalue weighted by Gasteiger charge is 2.31. The summed E-state index contributed by atoms with van der Waals surface area (Å²) in [5.74, 6) is -1.98. The van der Waals surface area contributed by atoms with Gasteiger partial charge in [-0.15, -0.1) is 0 Å². The third-order valence-corrected chi connectivity index (χ3v) is 7.16. The quantitative estimate of drug-likeness (QED) is 0.0618. The number of rotatable bonds is 16. The van der Waals surface area contributed by atoms with Crippen LogP contribution in [0.2, 0.25) is 5.82 Å². The average Bonchev–Trinajstić information content (AvgIpc) is 3.05. The molecule has 0 saturated heterocycles. The summed E-state index contributed by atoms with van der Waals surface area (Å²) in [7, 11) is 1.30. The Labute approximate surface area is 265 Å². The summed E-state index contributed by atoms with van der Waals surface area (Å²) in [5, 5.41) is 9.36. The number of hydrogen-bond donors (Lipinski definition) is 4. The second-order valence-electron chi connectivity index (χ2n) is 10.6. The van der Waals surface area contributed by atoms with Crippen molar-refractivity contribution in [1.82, 2.24) is 15.6 Å². The number of amides is 2. The molecule has 4 rings (SSSR count). The standard InChI is InChI=1S/C33H34BF3N5O4/c35-33(36,37)25-14-12-22(13-15-25)17-29(32(45)41-26-18-24-9-4-5-11-28(24)40-19-26)42-31(44)27(34-46-21-38)10-6-16-39-20-30(43)23-7-2-1-3-8-23/h1-5,7-9,11-15,18-19,27,29,39H,6,10,16-17,20-21,38H2,(H,41,45)(H,42,44)/t27-,29+/m0/s1. The van der Waals surface area contributed by atoms with Crippen LogP contribution in [0.25, 0.3) is 10.9 Å². The molecule has 46 heavy (non-hydrogen) atoms. The smallest absolute Gasteiger partial charge is 0.416 e. The van der Waals surface area contributed by atoms with Gasteiger partial charge in [-0.2, -0.15) is 13.2 Å². The van der Waals surface area contributed by atoms with Crippen LogP contribution in [0, 0.1) is 0 Å². The summed E-state index contributed by atoms with van der Waals surface area (Å²) in [6.45, 7) is 0.393. The number of carbonyl (C=O) groups is 3. The molecule has 0 unspecified atom stereocenters. The maximum absolute atomic E-state index is 13.5. The molecule has 5 N–H and O–H groups in total. The first-order chi connectivity index (χ1) is 22.1. The maximum atomic E-state index is 13.5. The van der Waals surface area contributed by atoms with Gasteiger partial charge in [-0.1, -0.05) is 60.7 Å². The summed E-state index contributed by atoms with van der Waals surface area (Å²) in [5.41, 5.74) is 6.78. The monoisotopic (exact) mass is 632 g/mol. The Bertz CT molecular complexity index is 1610. The first-order valence-electron chi connectivity index (χ1n) is 14.7. The van der Waals surface area contributed by atoms with E-state index in [0.717, 1.165) is 23.0 Å². The third-order valence-electron chi connectivity index (χ3n) is 7.16. The lowest BCUT2D eigenvalue weighted by molar-refractivity contribution is -0.137. The number of carbonyl (C=O) groups excluding carboxylic acids is 3. The molecule has 13 heteroatoms. The van der Waals surface area contributed by atoms with E-state index in [-0.39, 0.29) is 25.5 Å². The van der Waals surface area contributed by atoms with Crippen LogP contribution in [0.15, 0.2) is 91.1 Å². The predicted octanol–water partition coefficient (Wildman–Crippen LogP) is 4.51. The number of aromatic nitrogens is 1. The summed E-state index contributed by atoms with van der Waals surface area (Å²) in [6, 6.07) is 21.2. The molecule has 0 fully saturated rings. The molecule has 4 aromatic rings. The number of benzene rings is 3. The Morgan fingerprint density at radius 2 is 1.65 bits per heavy atom. The second kappa shape index (κ2) is 16.6. The summed E-state index contributed by atoms with van der Waals surface area (Å²) >= 11 is 0. The minimum Gasteiger partial charge on any atom is -0.428 e. The van der Waals surface area contributed by atoms with Gasteiger partial charge in [0.1, 0.15) is 6.04 Å². The van der Waals surface area contributed by atoms with Crippen LogP contribution in [0.3, 0.4) is 0 Å². The molecular formula is C33H34BF3N5O4. The van der Waals surface area contributed by atoms with E-state index in [1.54, 1.807) is 30.3 Å². The summed E-state index contributed by atoms with van der Waals surface area (Å²) in [6.07, 6.45) is -2.31. The average molecular weight is 632 g/mol. The van der Waals surface area contributed by atoms with Crippen molar-refractivity contribution in [3.05, 3.63) is 108 Å². The fraction of sp³-hybridized carbons (Fsp3) is 0.273. The number of pyridine rings is 1. The summed E-state index contributed by atoms with van der Waals surface area (Å²) in [4.78, 5) is 43.6. The van der Waals surface area contributed by atoms with Crippen LogP contribution in [0.5, 0.6) is 0 Å². The first kappa shape index (κ1) is 34.3. The van der Waals surface area contributed by atoms with Gasteiger partial charge in [-0.05, 0) is 49.2 Å². The van der Waals surface area contributed by atoms with E-state index in [2.05, 4.69) is 20.9 Å². The van der Waals surface area contributed by atoms with Gasteiger partial charge < -0.3 is 26.3 Å². The van der Waals surface area contributed by atoms with Crippen LogP contribution < -0.4 is 21.7 Å². The Balaban J connectivity index is 1.43. The SMILES string of the molecule is NCO[B][C@@H](CCCNCC(=O)c1ccccc1)C(=O)N[C@H](Cc1ccc(C(F)(F)F)cc1)C(=O)Nc1cnc2ccccc2c1. The van der Waals surface area contributed by atoms with Gasteiger partial charge >= 0.3 is 13.7 Å². The Morgan fingerprint density at radius 3 is 2.37 bits per heavy atom. The van der Waals surface area contributed by atoms with Gasteiger partial charge in [0.15, 0.2) is 5.78 Å². The molecule has 2 atom stereocenters. The van der Waals surface area contributed by atoms with E-state index >= 15 is 0 Å². The second-order valence-corrected chi connectivity index (χ2v) is 10.6. The Hall–Kier alpha value is -4.59. The molecule has 1 aromatic heterocycles. The van der Waals surface area contributed by atoms with Gasteiger partial charge in [-0.25, -0.2) is 0 Å². The van der Waals surface area contributed by atoms with Gasteiger partial charge in [0.25, 0.3) is 0 Å².